The zero-order valence-corrected chi connectivity index (χ0v) is 13.0. The van der Waals surface area contributed by atoms with Gasteiger partial charge in [0.1, 0.15) is 6.04 Å². The number of carbonyl (C=O) groups is 2. The molecule has 5 heteroatoms. The number of nitrogens with one attached hydrogen (secondary N) is 1. The lowest BCUT2D eigenvalue weighted by atomic mass is 10.1. The second-order valence-electron chi connectivity index (χ2n) is 5.72. The van der Waals surface area contributed by atoms with E-state index in [1.54, 1.807) is 18.7 Å². The summed E-state index contributed by atoms with van der Waals surface area (Å²) in [5, 5.41) is 11.8. The van der Waals surface area contributed by atoms with Gasteiger partial charge in [0.15, 0.2) is 0 Å². The number of hydrogen-bond acceptors (Lipinski definition) is 2. The topological polar surface area (TPSA) is 69.6 Å². The normalized spacial score (nSPS) is 12.3. The molecule has 1 rings (SSSR count). The molecule has 1 atom stereocenters. The van der Waals surface area contributed by atoms with Crippen molar-refractivity contribution in [2.45, 2.75) is 46.3 Å². The van der Waals surface area contributed by atoms with E-state index in [0.29, 0.717) is 6.54 Å². The molecular weight excluding hydrogens is 268 g/mol. The molecule has 0 bridgehead atoms. The minimum Gasteiger partial charge on any atom is -0.480 e. The third-order valence-corrected chi connectivity index (χ3v) is 3.29. The SMILES string of the molecule is CC(C)[C@@H](NC(=O)N(Cc1ccccc1)C(C)C)C(=O)O. The number of hydrogen-bond donors (Lipinski definition) is 2. The van der Waals surface area contributed by atoms with Crippen LogP contribution >= 0.6 is 0 Å². The molecule has 0 saturated heterocycles. The molecule has 116 valence electrons. The van der Waals surface area contributed by atoms with Gasteiger partial charge in [0.25, 0.3) is 0 Å². The maximum Gasteiger partial charge on any atom is 0.326 e. The Hall–Kier alpha value is -2.04. The molecule has 0 unspecified atom stereocenters. The fraction of sp³-hybridized carbons (Fsp3) is 0.500. The predicted octanol–water partition coefficient (Wildman–Crippen LogP) is 2.72. The molecule has 5 nitrogen and oxygen atoms in total. The summed E-state index contributed by atoms with van der Waals surface area (Å²) < 4.78 is 0. The van der Waals surface area contributed by atoms with Gasteiger partial charge in [0.05, 0.1) is 0 Å². The zero-order chi connectivity index (χ0) is 16.0. The highest BCUT2D eigenvalue weighted by atomic mass is 16.4. The second kappa shape index (κ2) is 7.67. The summed E-state index contributed by atoms with van der Waals surface area (Å²) in [6, 6.07) is 8.39. The lowest BCUT2D eigenvalue weighted by molar-refractivity contribution is -0.140. The van der Waals surface area contributed by atoms with E-state index in [4.69, 9.17) is 5.11 Å². The number of rotatable bonds is 6. The summed E-state index contributed by atoms with van der Waals surface area (Å²) in [7, 11) is 0. The average molecular weight is 292 g/mol. The predicted molar refractivity (Wildman–Crippen MR) is 81.9 cm³/mol. The number of carbonyl (C=O) groups excluding carboxylic acids is 1. The molecule has 21 heavy (non-hydrogen) atoms. The minimum absolute atomic E-state index is 0.0215. The number of nitrogens with zero attached hydrogens (tertiary/aromatic N) is 1. The van der Waals surface area contributed by atoms with Gasteiger partial charge >= 0.3 is 12.0 Å². The van der Waals surface area contributed by atoms with Crippen molar-refractivity contribution in [1.82, 2.24) is 10.2 Å². The fourth-order valence-electron chi connectivity index (χ4n) is 2.00. The van der Waals surface area contributed by atoms with Gasteiger partial charge in [-0.15, -0.1) is 0 Å². The Morgan fingerprint density at radius 2 is 1.71 bits per heavy atom. The Balaban J connectivity index is 2.81. The molecule has 0 fully saturated rings. The largest absolute Gasteiger partial charge is 0.480 e. The average Bonchev–Trinajstić information content (AvgIpc) is 2.42. The first-order valence-corrected chi connectivity index (χ1v) is 7.16. The molecule has 1 aromatic carbocycles. The molecule has 0 heterocycles. The first-order valence-electron chi connectivity index (χ1n) is 7.16. The Morgan fingerprint density at radius 1 is 1.14 bits per heavy atom. The van der Waals surface area contributed by atoms with E-state index >= 15 is 0 Å². The van der Waals surface area contributed by atoms with Crippen LogP contribution in [-0.4, -0.2) is 34.1 Å². The van der Waals surface area contributed by atoms with E-state index in [1.807, 2.05) is 44.2 Å². The van der Waals surface area contributed by atoms with Crippen LogP contribution in [0.3, 0.4) is 0 Å². The number of amides is 2. The number of urea groups is 1. The molecule has 0 aliphatic rings. The third kappa shape index (κ3) is 5.10. The zero-order valence-electron chi connectivity index (χ0n) is 13.0. The molecule has 0 aromatic heterocycles. The van der Waals surface area contributed by atoms with Crippen LogP contribution in [0.4, 0.5) is 4.79 Å². The van der Waals surface area contributed by atoms with Crippen LogP contribution in [0.25, 0.3) is 0 Å². The molecule has 2 N–H and O–H groups in total. The summed E-state index contributed by atoms with van der Waals surface area (Å²) in [6.45, 7) is 7.82. The molecule has 0 aliphatic heterocycles. The van der Waals surface area contributed by atoms with Crippen molar-refractivity contribution >= 4 is 12.0 Å². The van der Waals surface area contributed by atoms with Crippen LogP contribution in [0.1, 0.15) is 33.3 Å². The summed E-state index contributed by atoms with van der Waals surface area (Å²) in [4.78, 5) is 25.2. The maximum absolute atomic E-state index is 12.4. The molecule has 2 amide bonds. The molecule has 0 saturated carbocycles. The first-order chi connectivity index (χ1) is 9.82. The van der Waals surface area contributed by atoms with Gasteiger partial charge in [0.2, 0.25) is 0 Å². The van der Waals surface area contributed by atoms with Crippen LogP contribution in [0.5, 0.6) is 0 Å². The van der Waals surface area contributed by atoms with E-state index in [-0.39, 0.29) is 18.0 Å². The highest BCUT2D eigenvalue weighted by Crippen LogP contribution is 2.10. The summed E-state index contributed by atoms with van der Waals surface area (Å²) >= 11 is 0. The van der Waals surface area contributed by atoms with Gasteiger partial charge in [-0.25, -0.2) is 9.59 Å². The molecular formula is C16H24N2O3. The van der Waals surface area contributed by atoms with Crippen molar-refractivity contribution in [1.29, 1.82) is 0 Å². The monoisotopic (exact) mass is 292 g/mol. The molecule has 0 aliphatic carbocycles. The number of aliphatic carboxylic acids is 1. The van der Waals surface area contributed by atoms with Crippen molar-refractivity contribution in [3.63, 3.8) is 0 Å². The van der Waals surface area contributed by atoms with E-state index in [0.717, 1.165) is 5.56 Å². The van der Waals surface area contributed by atoms with Crippen molar-refractivity contribution in [3.8, 4) is 0 Å². The van der Waals surface area contributed by atoms with Gasteiger partial charge in [-0.1, -0.05) is 44.2 Å². The quantitative estimate of drug-likeness (QED) is 0.847. The minimum atomic E-state index is -1.01. The van der Waals surface area contributed by atoms with Gasteiger partial charge in [-0.2, -0.15) is 0 Å². The third-order valence-electron chi connectivity index (χ3n) is 3.29. The summed E-state index contributed by atoms with van der Waals surface area (Å²) in [6.07, 6.45) is 0. The van der Waals surface area contributed by atoms with E-state index in [1.165, 1.54) is 0 Å². The van der Waals surface area contributed by atoms with Crippen molar-refractivity contribution in [3.05, 3.63) is 35.9 Å². The van der Waals surface area contributed by atoms with E-state index < -0.39 is 12.0 Å². The lowest BCUT2D eigenvalue weighted by Gasteiger charge is -2.29. The van der Waals surface area contributed by atoms with Gasteiger partial charge in [-0.05, 0) is 25.3 Å². The summed E-state index contributed by atoms with van der Waals surface area (Å²) in [5.41, 5.74) is 1.01. The Labute approximate surface area is 126 Å². The number of benzene rings is 1. The highest BCUT2D eigenvalue weighted by molar-refractivity contribution is 5.82. The van der Waals surface area contributed by atoms with Crippen LogP contribution in [0, 0.1) is 5.92 Å². The molecule has 0 radical (unpaired) electrons. The van der Waals surface area contributed by atoms with Gasteiger partial charge in [0, 0.05) is 12.6 Å². The Bertz CT molecular complexity index is 472. The smallest absolute Gasteiger partial charge is 0.326 e. The standard InChI is InChI=1S/C16H24N2O3/c1-11(2)14(15(19)20)17-16(21)18(12(3)4)10-13-8-6-5-7-9-13/h5-9,11-12,14H,10H2,1-4H3,(H,17,21)(H,19,20)/t14-/m1/s1. The first kappa shape index (κ1) is 17.0. The van der Waals surface area contributed by atoms with Crippen molar-refractivity contribution < 1.29 is 14.7 Å². The Kier molecular flexibility index (Phi) is 6.21. The van der Waals surface area contributed by atoms with Crippen LogP contribution in [-0.2, 0) is 11.3 Å². The summed E-state index contributed by atoms with van der Waals surface area (Å²) in [5.74, 6) is -1.18. The second-order valence-corrected chi connectivity index (χ2v) is 5.72. The van der Waals surface area contributed by atoms with Crippen LogP contribution in [0.2, 0.25) is 0 Å². The van der Waals surface area contributed by atoms with E-state index in [2.05, 4.69) is 5.32 Å². The maximum atomic E-state index is 12.4. The van der Waals surface area contributed by atoms with Crippen molar-refractivity contribution in [2.75, 3.05) is 0 Å². The van der Waals surface area contributed by atoms with Crippen LogP contribution in [0.15, 0.2) is 30.3 Å². The fourth-order valence-corrected chi connectivity index (χ4v) is 2.00. The van der Waals surface area contributed by atoms with Gasteiger partial charge in [-0.3, -0.25) is 0 Å². The highest BCUT2D eigenvalue weighted by Gasteiger charge is 2.26. The van der Waals surface area contributed by atoms with Crippen molar-refractivity contribution in [2.24, 2.45) is 5.92 Å². The number of carboxylic acids is 1. The number of carboxylic acid groups (broad SMARTS) is 1. The van der Waals surface area contributed by atoms with Gasteiger partial charge < -0.3 is 15.3 Å². The lowest BCUT2D eigenvalue weighted by Crippen LogP contribution is -2.51. The molecule has 0 spiro atoms. The van der Waals surface area contributed by atoms with Crippen LogP contribution < -0.4 is 5.32 Å². The Morgan fingerprint density at radius 3 is 2.14 bits per heavy atom. The molecule has 1 aromatic rings. The van der Waals surface area contributed by atoms with E-state index in [9.17, 15) is 9.59 Å².